The van der Waals surface area contributed by atoms with Crippen molar-refractivity contribution in [1.29, 1.82) is 10.5 Å². The second-order valence-corrected chi connectivity index (χ2v) is 7.38. The normalized spacial score (nSPS) is 15.0. The third-order valence-corrected chi connectivity index (χ3v) is 5.78. The lowest BCUT2D eigenvalue weighted by molar-refractivity contribution is 0.188. The van der Waals surface area contributed by atoms with Gasteiger partial charge in [-0.25, -0.2) is 4.98 Å². The summed E-state index contributed by atoms with van der Waals surface area (Å²) < 4.78 is 2.11. The maximum absolute atomic E-state index is 9.87. The monoisotopic (exact) mass is 388 g/mol. The van der Waals surface area contributed by atoms with Crippen LogP contribution in [0.1, 0.15) is 23.1 Å². The van der Waals surface area contributed by atoms with Crippen LogP contribution < -0.4 is 4.90 Å². The molecule has 29 heavy (non-hydrogen) atoms. The first-order valence-corrected chi connectivity index (χ1v) is 9.97. The second kappa shape index (κ2) is 8.08. The van der Waals surface area contributed by atoms with Gasteiger partial charge in [-0.2, -0.15) is 10.5 Å². The van der Waals surface area contributed by atoms with E-state index >= 15 is 0 Å². The molecule has 148 valence electrons. The Morgan fingerprint density at radius 1 is 1.14 bits per heavy atom. The van der Waals surface area contributed by atoms with Gasteiger partial charge < -0.3 is 10.0 Å². The van der Waals surface area contributed by atoms with Crippen molar-refractivity contribution in [2.24, 2.45) is 0 Å². The van der Waals surface area contributed by atoms with E-state index in [1.54, 1.807) is 0 Å². The van der Waals surface area contributed by atoms with Gasteiger partial charge >= 0.3 is 0 Å². The van der Waals surface area contributed by atoms with E-state index in [2.05, 4.69) is 26.3 Å². The number of rotatable bonds is 5. The Labute approximate surface area is 170 Å². The van der Waals surface area contributed by atoms with Crippen molar-refractivity contribution in [3.63, 3.8) is 0 Å². The summed E-state index contributed by atoms with van der Waals surface area (Å²) in [5, 5.41) is 28.3. The molecule has 1 fully saturated rings. The molecule has 0 unspecified atom stereocenters. The fraction of sp³-hybridized carbons (Fsp3) is 0.409. The van der Waals surface area contributed by atoms with Gasteiger partial charge in [0, 0.05) is 39.1 Å². The molecule has 1 aromatic carbocycles. The number of imidazole rings is 1. The molecular formula is C22H24N6O. The SMILES string of the molecule is Cc1c(CCC#N)c(N2CCN(CCO)CC2)n2c(nc3ccccc32)c1C#N. The Hall–Kier alpha value is -3.13. The second-order valence-electron chi connectivity index (χ2n) is 7.38. The standard InChI is InChI=1S/C22H24N6O/c1-16-17(5-4-8-23)22(27-11-9-26(10-12-27)13-14-29)28-20-7-3-2-6-19(20)25-21(28)18(16)15-24/h2-3,6-7,29H,4-5,9-14H2,1H3. The molecule has 3 heterocycles. The van der Waals surface area contributed by atoms with E-state index in [0.717, 1.165) is 54.2 Å². The number of hydrogen-bond donors (Lipinski definition) is 1. The highest BCUT2D eigenvalue weighted by atomic mass is 16.3. The Bertz CT molecular complexity index is 1130. The minimum absolute atomic E-state index is 0.166. The molecule has 7 heteroatoms. The molecule has 2 aromatic heterocycles. The van der Waals surface area contributed by atoms with Gasteiger partial charge in [-0.1, -0.05) is 12.1 Å². The number of piperazine rings is 1. The van der Waals surface area contributed by atoms with Crippen LogP contribution in [0.5, 0.6) is 0 Å². The number of β-amino-alcohol motifs (C(OH)–C–C–N with tert-alkyl or cyclic N) is 1. The molecule has 0 amide bonds. The van der Waals surface area contributed by atoms with Gasteiger partial charge in [0.2, 0.25) is 0 Å². The van der Waals surface area contributed by atoms with Crippen LogP contribution in [-0.2, 0) is 6.42 Å². The topological polar surface area (TPSA) is 91.6 Å². The van der Waals surface area contributed by atoms with E-state index in [1.165, 1.54) is 0 Å². The zero-order valence-electron chi connectivity index (χ0n) is 16.6. The quantitative estimate of drug-likeness (QED) is 0.721. The van der Waals surface area contributed by atoms with Crippen LogP contribution in [0.25, 0.3) is 16.7 Å². The number of para-hydroxylation sites is 2. The van der Waals surface area contributed by atoms with Crippen LogP contribution in [0.3, 0.4) is 0 Å². The van der Waals surface area contributed by atoms with Crippen molar-refractivity contribution >= 4 is 22.5 Å². The summed E-state index contributed by atoms with van der Waals surface area (Å²) in [6.07, 6.45) is 1.01. The van der Waals surface area contributed by atoms with Crippen molar-refractivity contribution in [1.82, 2.24) is 14.3 Å². The van der Waals surface area contributed by atoms with E-state index in [-0.39, 0.29) is 6.61 Å². The average molecular weight is 388 g/mol. The first-order chi connectivity index (χ1) is 14.2. The minimum Gasteiger partial charge on any atom is -0.395 e. The first kappa shape index (κ1) is 19.2. The number of anilines is 1. The highest BCUT2D eigenvalue weighted by Gasteiger charge is 2.26. The third-order valence-electron chi connectivity index (χ3n) is 5.78. The predicted octanol–water partition coefficient (Wildman–Crippen LogP) is 2.24. The van der Waals surface area contributed by atoms with Gasteiger partial charge in [-0.05, 0) is 36.6 Å². The molecule has 0 saturated carbocycles. The maximum Gasteiger partial charge on any atom is 0.157 e. The zero-order chi connectivity index (χ0) is 20.4. The molecule has 1 saturated heterocycles. The third kappa shape index (κ3) is 3.29. The summed E-state index contributed by atoms with van der Waals surface area (Å²) in [5.41, 5.74) is 5.07. The summed E-state index contributed by atoms with van der Waals surface area (Å²) in [5.74, 6) is 1.05. The van der Waals surface area contributed by atoms with Crippen molar-refractivity contribution in [2.45, 2.75) is 19.8 Å². The molecule has 0 aliphatic carbocycles. The van der Waals surface area contributed by atoms with E-state index in [1.807, 2.05) is 31.2 Å². The van der Waals surface area contributed by atoms with Gasteiger partial charge in [0.05, 0.1) is 29.3 Å². The van der Waals surface area contributed by atoms with Gasteiger partial charge in [0.15, 0.2) is 5.65 Å². The van der Waals surface area contributed by atoms with Crippen LogP contribution in [0.4, 0.5) is 5.82 Å². The number of fused-ring (bicyclic) bond motifs is 3. The number of benzene rings is 1. The Kier molecular flexibility index (Phi) is 5.35. The molecule has 0 bridgehead atoms. The highest BCUT2D eigenvalue weighted by Crippen LogP contribution is 2.34. The van der Waals surface area contributed by atoms with Crippen LogP contribution >= 0.6 is 0 Å². The largest absolute Gasteiger partial charge is 0.395 e. The molecule has 7 nitrogen and oxygen atoms in total. The molecule has 0 radical (unpaired) electrons. The summed E-state index contributed by atoms with van der Waals surface area (Å²) >= 11 is 0. The molecule has 3 aromatic rings. The van der Waals surface area contributed by atoms with Gasteiger partial charge in [0.1, 0.15) is 11.9 Å². The summed E-state index contributed by atoms with van der Waals surface area (Å²) in [6.45, 7) is 6.21. The van der Waals surface area contributed by atoms with Crippen molar-refractivity contribution < 1.29 is 5.11 Å². The van der Waals surface area contributed by atoms with Crippen LogP contribution in [0, 0.1) is 29.6 Å². The van der Waals surface area contributed by atoms with Crippen LogP contribution in [-0.4, -0.2) is 58.7 Å². The maximum atomic E-state index is 9.87. The predicted molar refractivity (Wildman–Crippen MR) is 112 cm³/mol. The van der Waals surface area contributed by atoms with E-state index in [0.29, 0.717) is 30.6 Å². The number of hydrogen-bond acceptors (Lipinski definition) is 6. The molecular weight excluding hydrogens is 364 g/mol. The minimum atomic E-state index is 0.166. The number of aliphatic hydroxyl groups is 1. The first-order valence-electron chi connectivity index (χ1n) is 9.97. The van der Waals surface area contributed by atoms with E-state index in [4.69, 9.17) is 4.98 Å². The summed E-state index contributed by atoms with van der Waals surface area (Å²) in [7, 11) is 0. The van der Waals surface area contributed by atoms with Crippen LogP contribution in [0.15, 0.2) is 24.3 Å². The lowest BCUT2D eigenvalue weighted by Crippen LogP contribution is -2.48. The number of nitrogens with zero attached hydrogens (tertiary/aromatic N) is 6. The van der Waals surface area contributed by atoms with Crippen LogP contribution in [0.2, 0.25) is 0 Å². The molecule has 1 N–H and O–H groups in total. The Balaban J connectivity index is 1.95. The smallest absolute Gasteiger partial charge is 0.157 e. The average Bonchev–Trinajstić information content (AvgIpc) is 3.12. The number of nitriles is 2. The van der Waals surface area contributed by atoms with E-state index < -0.39 is 0 Å². The summed E-state index contributed by atoms with van der Waals surface area (Å²) in [6, 6.07) is 12.5. The Morgan fingerprint density at radius 2 is 1.90 bits per heavy atom. The van der Waals surface area contributed by atoms with Gasteiger partial charge in [-0.15, -0.1) is 0 Å². The Morgan fingerprint density at radius 3 is 2.59 bits per heavy atom. The molecule has 1 aliphatic heterocycles. The fourth-order valence-corrected chi connectivity index (χ4v) is 4.30. The summed E-state index contributed by atoms with van der Waals surface area (Å²) in [4.78, 5) is 9.37. The molecule has 1 aliphatic rings. The molecule has 4 rings (SSSR count). The highest BCUT2D eigenvalue weighted by molar-refractivity contribution is 5.86. The fourth-order valence-electron chi connectivity index (χ4n) is 4.30. The number of pyridine rings is 1. The van der Waals surface area contributed by atoms with Gasteiger partial charge in [-0.3, -0.25) is 9.30 Å². The van der Waals surface area contributed by atoms with Crippen molar-refractivity contribution in [3.8, 4) is 12.1 Å². The van der Waals surface area contributed by atoms with Crippen molar-refractivity contribution in [3.05, 3.63) is 41.0 Å². The lowest BCUT2D eigenvalue weighted by Gasteiger charge is -2.37. The molecule has 0 atom stereocenters. The van der Waals surface area contributed by atoms with E-state index in [9.17, 15) is 15.6 Å². The number of aliphatic hydroxyl groups excluding tert-OH is 1. The van der Waals surface area contributed by atoms with Gasteiger partial charge in [0.25, 0.3) is 0 Å². The zero-order valence-corrected chi connectivity index (χ0v) is 16.6. The van der Waals surface area contributed by atoms with Crippen molar-refractivity contribution in [2.75, 3.05) is 44.2 Å². The number of aromatic nitrogens is 2. The lowest BCUT2D eigenvalue weighted by atomic mass is 9.99. The molecule has 0 spiro atoms.